The summed E-state index contributed by atoms with van der Waals surface area (Å²) in [6.45, 7) is 7.49. The minimum Gasteiger partial charge on any atom is -0.354 e. The van der Waals surface area contributed by atoms with Crippen LogP contribution in [0.1, 0.15) is 37.2 Å². The zero-order valence-corrected chi connectivity index (χ0v) is 12.9. The molecule has 0 spiro atoms. The molecule has 0 radical (unpaired) electrons. The van der Waals surface area contributed by atoms with Crippen molar-refractivity contribution in [1.82, 2.24) is 24.9 Å². The third-order valence-corrected chi connectivity index (χ3v) is 3.48. The van der Waals surface area contributed by atoms with Gasteiger partial charge >= 0.3 is 0 Å². The van der Waals surface area contributed by atoms with Crippen LogP contribution in [0.25, 0.3) is 0 Å². The van der Waals surface area contributed by atoms with Crippen molar-refractivity contribution < 1.29 is 4.79 Å². The van der Waals surface area contributed by atoms with Crippen LogP contribution in [0.4, 0.5) is 0 Å². The predicted octanol–water partition coefficient (Wildman–Crippen LogP) is 1.85. The molecule has 1 amide bonds. The average Bonchev–Trinajstić information content (AvgIpc) is 3.06. The van der Waals surface area contributed by atoms with Crippen LogP contribution in [0.2, 0.25) is 0 Å². The summed E-state index contributed by atoms with van der Waals surface area (Å²) in [5.74, 6) is 0.0227. The molecule has 0 saturated heterocycles. The topological polar surface area (TPSA) is 64.7 Å². The molecule has 114 valence electrons. The SMILES string of the molecule is CC[C@@H](C(=O)NCCCn1nc(C)cc1C)n1cccn1. The van der Waals surface area contributed by atoms with Crippen LogP contribution >= 0.6 is 0 Å². The summed E-state index contributed by atoms with van der Waals surface area (Å²) in [5, 5.41) is 11.5. The second-order valence-electron chi connectivity index (χ2n) is 5.20. The van der Waals surface area contributed by atoms with Crippen LogP contribution in [0.3, 0.4) is 0 Å². The van der Waals surface area contributed by atoms with Crippen LogP contribution in [0.15, 0.2) is 24.5 Å². The van der Waals surface area contributed by atoms with Gasteiger partial charge in [0.15, 0.2) is 0 Å². The molecule has 2 rings (SSSR count). The molecule has 2 heterocycles. The van der Waals surface area contributed by atoms with Gasteiger partial charge in [-0.15, -0.1) is 0 Å². The van der Waals surface area contributed by atoms with Crippen LogP contribution < -0.4 is 5.32 Å². The molecule has 1 N–H and O–H groups in total. The molecule has 0 aliphatic rings. The van der Waals surface area contributed by atoms with E-state index in [4.69, 9.17) is 0 Å². The van der Waals surface area contributed by atoms with Gasteiger partial charge in [0.25, 0.3) is 0 Å². The van der Waals surface area contributed by atoms with Crippen LogP contribution in [0, 0.1) is 13.8 Å². The number of carbonyl (C=O) groups excluding carboxylic acids is 1. The lowest BCUT2D eigenvalue weighted by molar-refractivity contribution is -0.124. The smallest absolute Gasteiger partial charge is 0.244 e. The van der Waals surface area contributed by atoms with Crippen molar-refractivity contribution in [3.8, 4) is 0 Å². The molecule has 0 aliphatic heterocycles. The van der Waals surface area contributed by atoms with Crippen molar-refractivity contribution in [2.75, 3.05) is 6.54 Å². The summed E-state index contributed by atoms with van der Waals surface area (Å²) in [6, 6.07) is 3.66. The van der Waals surface area contributed by atoms with Crippen molar-refractivity contribution in [2.24, 2.45) is 0 Å². The maximum absolute atomic E-state index is 12.2. The van der Waals surface area contributed by atoms with E-state index in [2.05, 4.69) is 21.6 Å². The van der Waals surface area contributed by atoms with Gasteiger partial charge in [-0.3, -0.25) is 14.2 Å². The maximum Gasteiger partial charge on any atom is 0.244 e. The van der Waals surface area contributed by atoms with E-state index in [9.17, 15) is 4.79 Å². The number of nitrogens with zero attached hydrogens (tertiary/aromatic N) is 4. The third kappa shape index (κ3) is 3.93. The van der Waals surface area contributed by atoms with E-state index in [0.717, 1.165) is 30.8 Å². The first kappa shape index (κ1) is 15.3. The van der Waals surface area contributed by atoms with E-state index in [1.54, 1.807) is 10.9 Å². The molecule has 0 bridgehead atoms. The summed E-state index contributed by atoms with van der Waals surface area (Å²) < 4.78 is 3.68. The Kier molecular flexibility index (Phi) is 5.14. The predicted molar refractivity (Wildman–Crippen MR) is 80.9 cm³/mol. The highest BCUT2D eigenvalue weighted by Gasteiger charge is 2.17. The maximum atomic E-state index is 12.2. The van der Waals surface area contributed by atoms with Crippen LogP contribution in [0.5, 0.6) is 0 Å². The second kappa shape index (κ2) is 7.06. The lowest BCUT2D eigenvalue weighted by atomic mass is 10.2. The molecule has 6 nitrogen and oxygen atoms in total. The van der Waals surface area contributed by atoms with Crippen molar-refractivity contribution in [3.05, 3.63) is 35.9 Å². The molecule has 0 unspecified atom stereocenters. The summed E-state index contributed by atoms with van der Waals surface area (Å²) in [7, 11) is 0. The van der Waals surface area contributed by atoms with Gasteiger partial charge in [0.2, 0.25) is 5.91 Å². The van der Waals surface area contributed by atoms with E-state index in [-0.39, 0.29) is 11.9 Å². The molecule has 1 atom stereocenters. The molecule has 2 aromatic rings. The normalized spacial score (nSPS) is 12.3. The number of aromatic nitrogens is 4. The van der Waals surface area contributed by atoms with E-state index in [1.165, 1.54) is 0 Å². The first-order valence-electron chi connectivity index (χ1n) is 7.39. The fourth-order valence-electron chi connectivity index (χ4n) is 2.42. The van der Waals surface area contributed by atoms with Crippen molar-refractivity contribution in [2.45, 2.75) is 46.2 Å². The molecule has 2 aromatic heterocycles. The second-order valence-corrected chi connectivity index (χ2v) is 5.20. The van der Waals surface area contributed by atoms with E-state index < -0.39 is 0 Å². The molecule has 0 aliphatic carbocycles. The quantitative estimate of drug-likeness (QED) is 0.791. The van der Waals surface area contributed by atoms with Crippen molar-refractivity contribution >= 4 is 5.91 Å². The third-order valence-electron chi connectivity index (χ3n) is 3.48. The standard InChI is InChI=1S/C15H23N5O/c1-4-14(20-10-6-8-17-20)15(21)16-7-5-9-19-13(3)11-12(2)18-19/h6,8,10-11,14H,4-5,7,9H2,1-3H3,(H,16,21)/t14-/m0/s1. The van der Waals surface area contributed by atoms with Gasteiger partial charge in [0, 0.05) is 31.2 Å². The first-order chi connectivity index (χ1) is 10.1. The number of carbonyl (C=O) groups is 1. The number of nitrogens with one attached hydrogen (secondary N) is 1. The van der Waals surface area contributed by atoms with Crippen molar-refractivity contribution in [3.63, 3.8) is 0 Å². The summed E-state index contributed by atoms with van der Waals surface area (Å²) in [5.41, 5.74) is 2.18. The van der Waals surface area contributed by atoms with Gasteiger partial charge in [0.1, 0.15) is 6.04 Å². The number of aryl methyl sites for hydroxylation is 3. The van der Waals surface area contributed by atoms with Gasteiger partial charge in [0.05, 0.1) is 5.69 Å². The molecular formula is C15H23N5O. The molecule has 0 saturated carbocycles. The largest absolute Gasteiger partial charge is 0.354 e. The zero-order chi connectivity index (χ0) is 15.2. The molecule has 0 fully saturated rings. The molecular weight excluding hydrogens is 266 g/mol. The molecule has 6 heteroatoms. The monoisotopic (exact) mass is 289 g/mol. The Bertz CT molecular complexity index is 573. The average molecular weight is 289 g/mol. The van der Waals surface area contributed by atoms with E-state index in [0.29, 0.717) is 6.54 Å². The van der Waals surface area contributed by atoms with Crippen LogP contribution in [-0.4, -0.2) is 32.0 Å². The molecule has 21 heavy (non-hydrogen) atoms. The highest BCUT2D eigenvalue weighted by molar-refractivity contribution is 5.80. The minimum atomic E-state index is -0.228. The Morgan fingerprint density at radius 2 is 2.24 bits per heavy atom. The summed E-state index contributed by atoms with van der Waals surface area (Å²) >= 11 is 0. The first-order valence-corrected chi connectivity index (χ1v) is 7.39. The van der Waals surface area contributed by atoms with Gasteiger partial charge in [-0.2, -0.15) is 10.2 Å². The lowest BCUT2D eigenvalue weighted by Gasteiger charge is -2.15. The lowest BCUT2D eigenvalue weighted by Crippen LogP contribution is -2.33. The zero-order valence-electron chi connectivity index (χ0n) is 12.9. The van der Waals surface area contributed by atoms with Gasteiger partial charge in [-0.05, 0) is 38.8 Å². The fraction of sp³-hybridized carbons (Fsp3) is 0.533. The minimum absolute atomic E-state index is 0.0227. The highest BCUT2D eigenvalue weighted by Crippen LogP contribution is 2.09. The number of hydrogen-bond acceptors (Lipinski definition) is 3. The van der Waals surface area contributed by atoms with Crippen LogP contribution in [-0.2, 0) is 11.3 Å². The van der Waals surface area contributed by atoms with Gasteiger partial charge in [-0.25, -0.2) is 0 Å². The Hall–Kier alpha value is -2.11. The van der Waals surface area contributed by atoms with Gasteiger partial charge in [-0.1, -0.05) is 6.92 Å². The number of amides is 1. The Balaban J connectivity index is 1.77. The number of hydrogen-bond donors (Lipinski definition) is 1. The van der Waals surface area contributed by atoms with E-state index in [1.807, 2.05) is 37.7 Å². The van der Waals surface area contributed by atoms with Crippen molar-refractivity contribution in [1.29, 1.82) is 0 Å². The summed E-state index contributed by atoms with van der Waals surface area (Å²) in [4.78, 5) is 12.2. The van der Waals surface area contributed by atoms with E-state index >= 15 is 0 Å². The fourth-order valence-corrected chi connectivity index (χ4v) is 2.42. The summed E-state index contributed by atoms with van der Waals surface area (Å²) in [6.07, 6.45) is 5.11. The Morgan fingerprint density at radius 3 is 2.81 bits per heavy atom. The van der Waals surface area contributed by atoms with Gasteiger partial charge < -0.3 is 5.32 Å². The number of rotatable bonds is 7. The molecule has 0 aromatic carbocycles. The Labute approximate surface area is 125 Å². The highest BCUT2D eigenvalue weighted by atomic mass is 16.2. The Morgan fingerprint density at radius 1 is 1.43 bits per heavy atom.